The lowest BCUT2D eigenvalue weighted by atomic mass is 9.85. The van der Waals surface area contributed by atoms with Gasteiger partial charge in [-0.1, -0.05) is 5.92 Å². The quantitative estimate of drug-likeness (QED) is 0.321. The molecular formula is C11H14O2. The molecule has 0 aromatic rings. The van der Waals surface area contributed by atoms with Crippen molar-refractivity contribution >= 4 is 5.97 Å². The average Bonchev–Trinajstić information content (AvgIpc) is 2.74. The fourth-order valence-electron chi connectivity index (χ4n) is 2.60. The van der Waals surface area contributed by atoms with E-state index in [4.69, 9.17) is 0 Å². The molecule has 2 bridgehead atoms. The molecule has 2 rings (SSSR count). The van der Waals surface area contributed by atoms with Gasteiger partial charge in [-0.25, -0.2) is 4.79 Å². The van der Waals surface area contributed by atoms with Crippen LogP contribution in [0.25, 0.3) is 0 Å². The Hall–Kier alpha value is -0.970. The largest absolute Gasteiger partial charge is 0.459 e. The first-order valence-corrected chi connectivity index (χ1v) is 4.85. The molecule has 13 heavy (non-hydrogen) atoms. The summed E-state index contributed by atoms with van der Waals surface area (Å²) in [6.45, 7) is 0. The van der Waals surface area contributed by atoms with Crippen molar-refractivity contribution in [2.75, 3.05) is 7.11 Å². The lowest BCUT2D eigenvalue weighted by molar-refractivity contribution is -0.133. The second kappa shape index (κ2) is 3.06. The van der Waals surface area contributed by atoms with Crippen molar-refractivity contribution in [3.05, 3.63) is 0 Å². The Labute approximate surface area is 78.7 Å². The topological polar surface area (TPSA) is 26.3 Å². The summed E-state index contributed by atoms with van der Waals surface area (Å²) in [4.78, 5) is 10.8. The average molecular weight is 178 g/mol. The lowest BCUT2D eigenvalue weighted by Crippen LogP contribution is -2.11. The highest BCUT2D eigenvalue weighted by Crippen LogP contribution is 2.53. The normalized spacial score (nSPS) is 35.3. The van der Waals surface area contributed by atoms with E-state index in [1.54, 1.807) is 0 Å². The summed E-state index contributed by atoms with van der Waals surface area (Å²) in [5, 5.41) is 0. The van der Waals surface area contributed by atoms with Gasteiger partial charge < -0.3 is 4.74 Å². The van der Waals surface area contributed by atoms with Gasteiger partial charge in [0.25, 0.3) is 0 Å². The summed E-state index contributed by atoms with van der Waals surface area (Å²) in [7, 11) is 1.38. The van der Waals surface area contributed by atoms with Crippen molar-refractivity contribution in [1.82, 2.24) is 0 Å². The van der Waals surface area contributed by atoms with Crippen molar-refractivity contribution in [2.45, 2.75) is 32.1 Å². The minimum Gasteiger partial charge on any atom is -0.459 e. The van der Waals surface area contributed by atoms with Crippen LogP contribution in [0, 0.1) is 23.2 Å². The smallest absolute Gasteiger partial charge is 0.384 e. The van der Waals surface area contributed by atoms with Crippen molar-refractivity contribution < 1.29 is 9.53 Å². The van der Waals surface area contributed by atoms with Gasteiger partial charge in [0.15, 0.2) is 0 Å². The van der Waals surface area contributed by atoms with Gasteiger partial charge in [-0.05, 0) is 38.0 Å². The van der Waals surface area contributed by atoms with Crippen LogP contribution in [-0.2, 0) is 9.53 Å². The van der Waals surface area contributed by atoms with Crippen LogP contribution in [0.2, 0.25) is 0 Å². The van der Waals surface area contributed by atoms with Crippen LogP contribution in [0.5, 0.6) is 0 Å². The molecule has 0 amide bonds. The Morgan fingerprint density at radius 2 is 2.15 bits per heavy atom. The fraction of sp³-hybridized carbons (Fsp3) is 0.727. The molecule has 0 spiro atoms. The molecule has 0 aliphatic heterocycles. The van der Waals surface area contributed by atoms with E-state index in [0.29, 0.717) is 0 Å². The number of carbonyl (C=O) groups excluding carboxylic acids is 1. The molecule has 2 nitrogen and oxygen atoms in total. The zero-order valence-corrected chi connectivity index (χ0v) is 7.93. The Morgan fingerprint density at radius 3 is 2.62 bits per heavy atom. The standard InChI is InChI=1S/C11H14O2/c1-13-10(12)4-7-11-5-2-9(8-11)3-6-11/h9H,2-3,5-6,8H2,1H3. The highest BCUT2D eigenvalue weighted by molar-refractivity contribution is 5.88. The maximum atomic E-state index is 10.8. The van der Waals surface area contributed by atoms with Gasteiger partial charge >= 0.3 is 5.97 Å². The Balaban J connectivity index is 2.07. The summed E-state index contributed by atoms with van der Waals surface area (Å²) in [5.74, 6) is 6.18. The third-order valence-electron chi connectivity index (χ3n) is 3.36. The summed E-state index contributed by atoms with van der Waals surface area (Å²) in [5.41, 5.74) is 0.179. The second-order valence-electron chi connectivity index (χ2n) is 4.17. The monoisotopic (exact) mass is 178 g/mol. The van der Waals surface area contributed by atoms with Gasteiger partial charge in [-0.15, -0.1) is 0 Å². The van der Waals surface area contributed by atoms with Crippen molar-refractivity contribution in [3.63, 3.8) is 0 Å². The van der Waals surface area contributed by atoms with Crippen LogP contribution in [0.1, 0.15) is 32.1 Å². The molecule has 70 valence electrons. The Morgan fingerprint density at radius 1 is 1.46 bits per heavy atom. The van der Waals surface area contributed by atoms with E-state index in [1.165, 1.54) is 39.2 Å². The molecule has 0 atom stereocenters. The van der Waals surface area contributed by atoms with Crippen molar-refractivity contribution in [2.24, 2.45) is 11.3 Å². The first-order chi connectivity index (χ1) is 6.24. The minimum atomic E-state index is -0.398. The van der Waals surface area contributed by atoms with Crippen LogP contribution < -0.4 is 0 Å². The lowest BCUT2D eigenvalue weighted by Gasteiger charge is -2.18. The molecule has 0 aromatic heterocycles. The van der Waals surface area contributed by atoms with Crippen molar-refractivity contribution in [1.29, 1.82) is 0 Å². The van der Waals surface area contributed by atoms with E-state index in [9.17, 15) is 4.79 Å². The molecule has 0 heterocycles. The van der Waals surface area contributed by atoms with Crippen LogP contribution in [0.3, 0.4) is 0 Å². The van der Waals surface area contributed by atoms with Gasteiger partial charge in [0.05, 0.1) is 7.11 Å². The molecule has 0 saturated heterocycles. The van der Waals surface area contributed by atoms with Crippen LogP contribution in [0.15, 0.2) is 0 Å². The van der Waals surface area contributed by atoms with E-state index in [-0.39, 0.29) is 5.41 Å². The molecule has 2 fully saturated rings. The molecule has 0 N–H and O–H groups in total. The van der Waals surface area contributed by atoms with E-state index < -0.39 is 5.97 Å². The van der Waals surface area contributed by atoms with E-state index in [1.807, 2.05) is 0 Å². The molecular weight excluding hydrogens is 164 g/mol. The zero-order valence-electron chi connectivity index (χ0n) is 7.93. The Bertz CT molecular complexity index is 274. The highest BCUT2D eigenvalue weighted by atomic mass is 16.5. The maximum absolute atomic E-state index is 10.8. The van der Waals surface area contributed by atoms with Gasteiger partial charge in [0, 0.05) is 11.3 Å². The summed E-state index contributed by atoms with van der Waals surface area (Å²) >= 11 is 0. The van der Waals surface area contributed by atoms with Crippen LogP contribution in [-0.4, -0.2) is 13.1 Å². The van der Waals surface area contributed by atoms with Crippen LogP contribution in [0.4, 0.5) is 0 Å². The number of fused-ring (bicyclic) bond motifs is 2. The zero-order chi connectivity index (χ0) is 9.31. The van der Waals surface area contributed by atoms with Gasteiger partial charge in [-0.2, -0.15) is 0 Å². The number of carbonyl (C=O) groups is 1. The third-order valence-corrected chi connectivity index (χ3v) is 3.36. The number of methoxy groups -OCH3 is 1. The maximum Gasteiger partial charge on any atom is 0.384 e. The van der Waals surface area contributed by atoms with E-state index in [2.05, 4.69) is 16.6 Å². The predicted molar refractivity (Wildman–Crippen MR) is 48.8 cm³/mol. The van der Waals surface area contributed by atoms with Gasteiger partial charge in [0.1, 0.15) is 0 Å². The number of hydrogen-bond donors (Lipinski definition) is 0. The highest BCUT2D eigenvalue weighted by Gasteiger charge is 2.43. The SMILES string of the molecule is COC(=O)C#CC12CCC(CC1)C2. The van der Waals surface area contributed by atoms with Crippen LogP contribution >= 0.6 is 0 Å². The number of hydrogen-bond acceptors (Lipinski definition) is 2. The molecule has 0 radical (unpaired) electrons. The van der Waals surface area contributed by atoms with E-state index in [0.717, 1.165) is 5.92 Å². The number of rotatable bonds is 0. The molecule has 2 heteroatoms. The van der Waals surface area contributed by atoms with Crippen molar-refractivity contribution in [3.8, 4) is 11.8 Å². The number of esters is 1. The van der Waals surface area contributed by atoms with Gasteiger partial charge in [-0.3, -0.25) is 0 Å². The van der Waals surface area contributed by atoms with Gasteiger partial charge in [0.2, 0.25) is 0 Å². The first kappa shape index (κ1) is 8.62. The fourth-order valence-corrected chi connectivity index (χ4v) is 2.60. The molecule has 2 saturated carbocycles. The predicted octanol–water partition coefficient (Wildman–Crippen LogP) is 1.74. The van der Waals surface area contributed by atoms with E-state index >= 15 is 0 Å². The molecule has 0 aromatic carbocycles. The molecule has 2 aliphatic carbocycles. The second-order valence-corrected chi connectivity index (χ2v) is 4.17. The summed E-state index contributed by atoms with van der Waals surface area (Å²) < 4.78 is 4.50. The molecule has 0 unspecified atom stereocenters. The third kappa shape index (κ3) is 1.56. The number of ether oxygens (including phenoxy) is 1. The summed E-state index contributed by atoms with van der Waals surface area (Å²) in [6, 6.07) is 0. The molecule has 2 aliphatic rings. The first-order valence-electron chi connectivity index (χ1n) is 4.85. The minimum absolute atomic E-state index is 0.179. The summed E-state index contributed by atoms with van der Waals surface area (Å²) in [6.07, 6.45) is 6.17. The Kier molecular flexibility index (Phi) is 2.03.